The fourth-order valence-corrected chi connectivity index (χ4v) is 2.95. The SMILES string of the molecule is Cc1ccc2nc(-c3ccc(C(C)(C)C)cc3)c(NC(C)(C)C)n2c1. The molecular weight excluding hydrogens is 306 g/mol. The van der Waals surface area contributed by atoms with Gasteiger partial charge in [-0.15, -0.1) is 0 Å². The summed E-state index contributed by atoms with van der Waals surface area (Å²) in [6.45, 7) is 15.4. The lowest BCUT2D eigenvalue weighted by Gasteiger charge is -2.23. The number of hydrogen-bond donors (Lipinski definition) is 1. The number of hydrogen-bond acceptors (Lipinski definition) is 2. The predicted octanol–water partition coefficient (Wildman–Crippen LogP) is 5.82. The van der Waals surface area contributed by atoms with Crippen LogP contribution in [0.2, 0.25) is 0 Å². The molecule has 0 aliphatic carbocycles. The summed E-state index contributed by atoms with van der Waals surface area (Å²) < 4.78 is 2.16. The average Bonchev–Trinajstić information content (AvgIpc) is 2.83. The topological polar surface area (TPSA) is 29.3 Å². The molecule has 3 rings (SSSR count). The fourth-order valence-electron chi connectivity index (χ4n) is 2.95. The maximum absolute atomic E-state index is 4.90. The van der Waals surface area contributed by atoms with Gasteiger partial charge in [-0.1, -0.05) is 51.1 Å². The van der Waals surface area contributed by atoms with Crippen molar-refractivity contribution in [3.05, 3.63) is 53.7 Å². The summed E-state index contributed by atoms with van der Waals surface area (Å²) in [7, 11) is 0. The highest BCUT2D eigenvalue weighted by Crippen LogP contribution is 2.32. The quantitative estimate of drug-likeness (QED) is 0.639. The number of nitrogens with zero attached hydrogens (tertiary/aromatic N) is 2. The Morgan fingerprint density at radius 3 is 2.08 bits per heavy atom. The van der Waals surface area contributed by atoms with Gasteiger partial charge in [0.1, 0.15) is 17.2 Å². The smallest absolute Gasteiger partial charge is 0.139 e. The molecule has 0 radical (unpaired) electrons. The first-order chi connectivity index (χ1) is 11.5. The predicted molar refractivity (Wildman–Crippen MR) is 107 cm³/mol. The van der Waals surface area contributed by atoms with E-state index < -0.39 is 0 Å². The van der Waals surface area contributed by atoms with Crippen molar-refractivity contribution in [3.63, 3.8) is 0 Å². The number of rotatable bonds is 2. The van der Waals surface area contributed by atoms with Gasteiger partial charge in [0.2, 0.25) is 0 Å². The van der Waals surface area contributed by atoms with E-state index in [0.29, 0.717) is 0 Å². The summed E-state index contributed by atoms with van der Waals surface area (Å²) in [5.74, 6) is 1.05. The normalized spacial score (nSPS) is 12.6. The molecule has 0 bridgehead atoms. The standard InChI is InChI=1S/C22H29N3/c1-15-8-13-18-23-19(20(25(18)14-15)24-22(5,6)7)16-9-11-17(12-10-16)21(2,3)4/h8-14,24H,1-7H3. The van der Waals surface area contributed by atoms with E-state index in [4.69, 9.17) is 4.98 Å². The Kier molecular flexibility index (Phi) is 4.14. The number of aryl methyl sites for hydroxylation is 1. The second-order valence-electron chi connectivity index (χ2n) is 8.95. The minimum atomic E-state index is -0.0419. The van der Waals surface area contributed by atoms with Crippen LogP contribution in [-0.4, -0.2) is 14.9 Å². The van der Waals surface area contributed by atoms with Crippen LogP contribution < -0.4 is 5.32 Å². The van der Waals surface area contributed by atoms with Gasteiger partial charge in [-0.05, 0) is 50.3 Å². The van der Waals surface area contributed by atoms with Crippen molar-refractivity contribution >= 4 is 11.5 Å². The number of fused-ring (bicyclic) bond motifs is 1. The molecule has 3 nitrogen and oxygen atoms in total. The first kappa shape index (κ1) is 17.5. The molecule has 1 aromatic carbocycles. The van der Waals surface area contributed by atoms with Crippen LogP contribution in [0.5, 0.6) is 0 Å². The lowest BCUT2D eigenvalue weighted by molar-refractivity contribution is 0.590. The second-order valence-corrected chi connectivity index (χ2v) is 8.95. The summed E-state index contributed by atoms with van der Waals surface area (Å²) in [5, 5.41) is 3.64. The molecule has 1 N–H and O–H groups in total. The number of anilines is 1. The van der Waals surface area contributed by atoms with Gasteiger partial charge >= 0.3 is 0 Å². The zero-order valence-corrected chi connectivity index (χ0v) is 16.4. The highest BCUT2D eigenvalue weighted by atomic mass is 15.2. The molecule has 25 heavy (non-hydrogen) atoms. The third-order valence-corrected chi connectivity index (χ3v) is 4.28. The minimum Gasteiger partial charge on any atom is -0.365 e. The van der Waals surface area contributed by atoms with E-state index in [0.717, 1.165) is 22.7 Å². The summed E-state index contributed by atoms with van der Waals surface area (Å²) in [6, 6.07) is 13.0. The molecule has 0 aliphatic rings. The molecular formula is C22H29N3. The zero-order chi connectivity index (χ0) is 18.4. The molecule has 0 fully saturated rings. The minimum absolute atomic E-state index is 0.0419. The van der Waals surface area contributed by atoms with Gasteiger partial charge in [0.25, 0.3) is 0 Å². The second kappa shape index (κ2) is 5.91. The van der Waals surface area contributed by atoms with E-state index in [-0.39, 0.29) is 11.0 Å². The van der Waals surface area contributed by atoms with Gasteiger partial charge in [-0.3, -0.25) is 4.40 Å². The molecule has 0 amide bonds. The molecule has 2 aromatic heterocycles. The van der Waals surface area contributed by atoms with Crippen LogP contribution in [-0.2, 0) is 5.41 Å². The van der Waals surface area contributed by atoms with E-state index in [2.05, 4.69) is 101 Å². The average molecular weight is 335 g/mol. The maximum Gasteiger partial charge on any atom is 0.139 e. The van der Waals surface area contributed by atoms with Crippen LogP contribution in [0.4, 0.5) is 5.82 Å². The van der Waals surface area contributed by atoms with Crippen molar-refractivity contribution in [1.82, 2.24) is 9.38 Å². The van der Waals surface area contributed by atoms with E-state index >= 15 is 0 Å². The van der Waals surface area contributed by atoms with Crippen molar-refractivity contribution in [2.45, 2.75) is 59.4 Å². The van der Waals surface area contributed by atoms with Crippen LogP contribution in [0, 0.1) is 6.92 Å². The molecule has 3 heteroatoms. The Balaban J connectivity index is 2.16. The van der Waals surface area contributed by atoms with Crippen LogP contribution in [0.25, 0.3) is 16.9 Å². The fraction of sp³-hybridized carbons (Fsp3) is 0.409. The third kappa shape index (κ3) is 3.71. The Hall–Kier alpha value is -2.29. The van der Waals surface area contributed by atoms with Crippen LogP contribution in [0.15, 0.2) is 42.6 Å². The molecule has 0 saturated heterocycles. The Morgan fingerprint density at radius 2 is 1.52 bits per heavy atom. The zero-order valence-electron chi connectivity index (χ0n) is 16.4. The summed E-state index contributed by atoms with van der Waals surface area (Å²) >= 11 is 0. The molecule has 0 aliphatic heterocycles. The monoisotopic (exact) mass is 335 g/mol. The molecule has 2 heterocycles. The van der Waals surface area contributed by atoms with Gasteiger partial charge in [0.15, 0.2) is 0 Å². The van der Waals surface area contributed by atoms with Gasteiger partial charge in [0.05, 0.1) is 0 Å². The summed E-state index contributed by atoms with van der Waals surface area (Å²) in [6.07, 6.45) is 2.14. The number of aromatic nitrogens is 2. The first-order valence-corrected chi connectivity index (χ1v) is 8.92. The number of pyridine rings is 1. The lowest BCUT2D eigenvalue weighted by atomic mass is 9.86. The summed E-state index contributed by atoms with van der Waals surface area (Å²) in [5.41, 5.74) is 5.77. The Morgan fingerprint density at radius 1 is 0.880 bits per heavy atom. The first-order valence-electron chi connectivity index (χ1n) is 8.92. The number of imidazole rings is 1. The Labute approximate surface area is 151 Å². The molecule has 132 valence electrons. The lowest BCUT2D eigenvalue weighted by Crippen LogP contribution is -2.27. The van der Waals surface area contributed by atoms with Crippen LogP contribution in [0.3, 0.4) is 0 Å². The number of nitrogens with one attached hydrogen (secondary N) is 1. The molecule has 0 spiro atoms. The van der Waals surface area contributed by atoms with Crippen molar-refractivity contribution in [2.24, 2.45) is 0 Å². The number of benzene rings is 1. The van der Waals surface area contributed by atoms with Gasteiger partial charge < -0.3 is 5.32 Å². The van der Waals surface area contributed by atoms with E-state index in [1.807, 2.05) is 0 Å². The third-order valence-electron chi connectivity index (χ3n) is 4.28. The van der Waals surface area contributed by atoms with E-state index in [1.165, 1.54) is 11.1 Å². The largest absolute Gasteiger partial charge is 0.365 e. The Bertz CT molecular complexity index is 888. The van der Waals surface area contributed by atoms with Crippen molar-refractivity contribution in [3.8, 4) is 11.3 Å². The molecule has 0 unspecified atom stereocenters. The van der Waals surface area contributed by atoms with Crippen molar-refractivity contribution in [2.75, 3.05) is 5.32 Å². The van der Waals surface area contributed by atoms with Gasteiger partial charge in [-0.2, -0.15) is 0 Å². The van der Waals surface area contributed by atoms with Crippen molar-refractivity contribution < 1.29 is 0 Å². The highest BCUT2D eigenvalue weighted by molar-refractivity contribution is 5.77. The summed E-state index contributed by atoms with van der Waals surface area (Å²) in [4.78, 5) is 4.90. The van der Waals surface area contributed by atoms with Gasteiger partial charge in [0, 0.05) is 17.3 Å². The molecule has 3 aromatic rings. The molecule has 0 saturated carbocycles. The maximum atomic E-state index is 4.90. The highest BCUT2D eigenvalue weighted by Gasteiger charge is 2.20. The molecule has 0 atom stereocenters. The van der Waals surface area contributed by atoms with Crippen LogP contribution >= 0.6 is 0 Å². The van der Waals surface area contributed by atoms with Crippen LogP contribution in [0.1, 0.15) is 52.7 Å². The van der Waals surface area contributed by atoms with Gasteiger partial charge in [-0.25, -0.2) is 4.98 Å². The van der Waals surface area contributed by atoms with E-state index in [9.17, 15) is 0 Å². The van der Waals surface area contributed by atoms with E-state index in [1.54, 1.807) is 0 Å². The van der Waals surface area contributed by atoms with Crippen molar-refractivity contribution in [1.29, 1.82) is 0 Å².